The van der Waals surface area contributed by atoms with Crippen molar-refractivity contribution in [2.75, 3.05) is 7.05 Å². The fourth-order valence-corrected chi connectivity index (χ4v) is 2.59. The van der Waals surface area contributed by atoms with Crippen molar-refractivity contribution in [3.8, 4) is 0 Å². The van der Waals surface area contributed by atoms with Crippen LogP contribution in [-0.4, -0.2) is 23.9 Å². The molecule has 0 aliphatic carbocycles. The summed E-state index contributed by atoms with van der Waals surface area (Å²) in [5, 5.41) is 1.94. The topological polar surface area (TPSA) is 46.3 Å². The summed E-state index contributed by atoms with van der Waals surface area (Å²) in [5.41, 5.74) is 5.97. The maximum Gasteiger partial charge on any atom is 0.244 e. The first-order valence-corrected chi connectivity index (χ1v) is 6.87. The minimum atomic E-state index is -0.519. The molecule has 0 radical (unpaired) electrons. The molecule has 0 saturated heterocycles. The number of likely N-dealkylation sites (N-methyl/N-ethyl adjacent to an activating group) is 1. The second-order valence-electron chi connectivity index (χ2n) is 4.92. The first-order valence-electron chi connectivity index (χ1n) is 5.99. The Balaban J connectivity index is 2.63. The van der Waals surface area contributed by atoms with Gasteiger partial charge in [-0.15, -0.1) is 11.3 Å². The number of carbonyl (C=O) groups is 1. The molecule has 1 amide bonds. The van der Waals surface area contributed by atoms with E-state index in [0.717, 1.165) is 11.3 Å². The van der Waals surface area contributed by atoms with Gasteiger partial charge in [0.2, 0.25) is 5.91 Å². The monoisotopic (exact) mass is 254 g/mol. The zero-order valence-electron chi connectivity index (χ0n) is 11.0. The SMILES string of the molecule is CC(C)CC(C)N(C)C(=O)C(N)c1cccs1. The summed E-state index contributed by atoms with van der Waals surface area (Å²) in [6.45, 7) is 6.39. The summed E-state index contributed by atoms with van der Waals surface area (Å²) in [6.07, 6.45) is 0.999. The van der Waals surface area contributed by atoms with E-state index < -0.39 is 6.04 Å². The van der Waals surface area contributed by atoms with Gasteiger partial charge in [-0.3, -0.25) is 4.79 Å². The van der Waals surface area contributed by atoms with Gasteiger partial charge < -0.3 is 10.6 Å². The van der Waals surface area contributed by atoms with Crippen molar-refractivity contribution in [3.63, 3.8) is 0 Å². The third-order valence-corrected chi connectivity index (χ3v) is 3.89. The van der Waals surface area contributed by atoms with Crippen LogP contribution >= 0.6 is 11.3 Å². The van der Waals surface area contributed by atoms with Crippen LogP contribution in [-0.2, 0) is 4.79 Å². The molecule has 17 heavy (non-hydrogen) atoms. The summed E-state index contributed by atoms with van der Waals surface area (Å²) in [6, 6.07) is 3.54. The van der Waals surface area contributed by atoms with E-state index >= 15 is 0 Å². The molecule has 96 valence electrons. The summed E-state index contributed by atoms with van der Waals surface area (Å²) in [7, 11) is 1.84. The maximum atomic E-state index is 12.2. The minimum absolute atomic E-state index is 0.000556. The third kappa shape index (κ3) is 3.82. The molecule has 0 bridgehead atoms. The molecule has 0 fully saturated rings. The Morgan fingerprint density at radius 2 is 2.12 bits per heavy atom. The van der Waals surface area contributed by atoms with Crippen LogP contribution in [0.5, 0.6) is 0 Å². The number of nitrogens with two attached hydrogens (primary N) is 1. The molecule has 1 rings (SSSR count). The standard InChI is InChI=1S/C13H22N2OS/c1-9(2)8-10(3)15(4)13(16)12(14)11-6-5-7-17-11/h5-7,9-10,12H,8,14H2,1-4H3. The highest BCUT2D eigenvalue weighted by Crippen LogP contribution is 2.20. The van der Waals surface area contributed by atoms with E-state index in [4.69, 9.17) is 5.73 Å². The number of thiophene rings is 1. The Morgan fingerprint density at radius 3 is 2.59 bits per heavy atom. The summed E-state index contributed by atoms with van der Waals surface area (Å²) in [5.74, 6) is 0.582. The van der Waals surface area contributed by atoms with Gasteiger partial charge in [-0.2, -0.15) is 0 Å². The Hall–Kier alpha value is -0.870. The lowest BCUT2D eigenvalue weighted by atomic mass is 10.0. The Kier molecular flexibility index (Phi) is 5.15. The fourth-order valence-electron chi connectivity index (χ4n) is 1.87. The largest absolute Gasteiger partial charge is 0.341 e. The van der Waals surface area contributed by atoms with Crippen LogP contribution in [0.15, 0.2) is 17.5 Å². The first-order chi connectivity index (χ1) is 7.93. The van der Waals surface area contributed by atoms with Crippen LogP contribution in [0.3, 0.4) is 0 Å². The predicted molar refractivity (Wildman–Crippen MR) is 72.9 cm³/mol. The molecule has 1 aromatic heterocycles. The van der Waals surface area contributed by atoms with Gasteiger partial charge in [0, 0.05) is 18.0 Å². The quantitative estimate of drug-likeness (QED) is 0.878. The number of hydrogen-bond donors (Lipinski definition) is 1. The van der Waals surface area contributed by atoms with Crippen LogP contribution in [0, 0.1) is 5.92 Å². The van der Waals surface area contributed by atoms with Gasteiger partial charge in [0.1, 0.15) is 6.04 Å². The summed E-state index contributed by atoms with van der Waals surface area (Å²) >= 11 is 1.53. The van der Waals surface area contributed by atoms with Crippen molar-refractivity contribution >= 4 is 17.2 Å². The molecular weight excluding hydrogens is 232 g/mol. The Bertz CT molecular complexity index is 348. The number of rotatable bonds is 5. The van der Waals surface area contributed by atoms with Gasteiger partial charge in [-0.05, 0) is 30.7 Å². The average Bonchev–Trinajstić information content (AvgIpc) is 2.78. The van der Waals surface area contributed by atoms with Crippen LogP contribution in [0.2, 0.25) is 0 Å². The second kappa shape index (κ2) is 6.17. The van der Waals surface area contributed by atoms with E-state index in [-0.39, 0.29) is 11.9 Å². The van der Waals surface area contributed by atoms with Crippen LogP contribution in [0.1, 0.15) is 38.1 Å². The highest BCUT2D eigenvalue weighted by molar-refractivity contribution is 7.10. The molecule has 0 spiro atoms. The van der Waals surface area contributed by atoms with Crippen LogP contribution in [0.25, 0.3) is 0 Å². The molecule has 0 aliphatic heterocycles. The van der Waals surface area contributed by atoms with Crippen molar-refractivity contribution < 1.29 is 4.79 Å². The predicted octanol–water partition coefficient (Wildman–Crippen LogP) is 2.64. The van der Waals surface area contributed by atoms with E-state index in [0.29, 0.717) is 5.92 Å². The van der Waals surface area contributed by atoms with Crippen molar-refractivity contribution in [3.05, 3.63) is 22.4 Å². The highest BCUT2D eigenvalue weighted by Gasteiger charge is 2.24. The Morgan fingerprint density at radius 1 is 1.47 bits per heavy atom. The molecule has 0 aromatic carbocycles. The smallest absolute Gasteiger partial charge is 0.244 e. The van der Waals surface area contributed by atoms with Gasteiger partial charge in [0.05, 0.1) is 0 Å². The third-order valence-electron chi connectivity index (χ3n) is 2.94. The lowest BCUT2D eigenvalue weighted by Crippen LogP contribution is -2.41. The van der Waals surface area contributed by atoms with Crippen LogP contribution < -0.4 is 5.73 Å². The van der Waals surface area contributed by atoms with Gasteiger partial charge in [0.25, 0.3) is 0 Å². The minimum Gasteiger partial charge on any atom is -0.341 e. The highest BCUT2D eigenvalue weighted by atomic mass is 32.1. The number of carbonyl (C=O) groups excluding carboxylic acids is 1. The molecular formula is C13H22N2OS. The van der Waals surface area contributed by atoms with Gasteiger partial charge in [0.15, 0.2) is 0 Å². The lowest BCUT2D eigenvalue weighted by Gasteiger charge is -2.28. The van der Waals surface area contributed by atoms with Gasteiger partial charge >= 0.3 is 0 Å². The molecule has 1 heterocycles. The summed E-state index contributed by atoms with van der Waals surface area (Å²) in [4.78, 5) is 14.9. The average molecular weight is 254 g/mol. The molecule has 0 aliphatic rings. The van der Waals surface area contributed by atoms with Crippen molar-refractivity contribution in [1.82, 2.24) is 4.90 Å². The van der Waals surface area contributed by atoms with Gasteiger partial charge in [-0.25, -0.2) is 0 Å². The zero-order chi connectivity index (χ0) is 13.0. The molecule has 2 unspecified atom stereocenters. The van der Waals surface area contributed by atoms with Crippen LogP contribution in [0.4, 0.5) is 0 Å². The number of nitrogens with zero attached hydrogens (tertiary/aromatic N) is 1. The van der Waals surface area contributed by atoms with E-state index in [1.54, 1.807) is 4.90 Å². The van der Waals surface area contributed by atoms with E-state index in [1.807, 2.05) is 24.6 Å². The van der Waals surface area contributed by atoms with E-state index in [1.165, 1.54) is 11.3 Å². The summed E-state index contributed by atoms with van der Waals surface area (Å²) < 4.78 is 0. The first kappa shape index (κ1) is 14.2. The fraction of sp³-hybridized carbons (Fsp3) is 0.615. The maximum absolute atomic E-state index is 12.2. The zero-order valence-corrected chi connectivity index (χ0v) is 11.8. The molecule has 0 saturated carbocycles. The van der Waals surface area contributed by atoms with Gasteiger partial charge in [-0.1, -0.05) is 19.9 Å². The van der Waals surface area contributed by atoms with Crippen molar-refractivity contribution in [1.29, 1.82) is 0 Å². The molecule has 2 atom stereocenters. The second-order valence-corrected chi connectivity index (χ2v) is 5.90. The van der Waals surface area contributed by atoms with E-state index in [9.17, 15) is 4.79 Å². The molecule has 2 N–H and O–H groups in total. The number of hydrogen-bond acceptors (Lipinski definition) is 3. The molecule has 3 nitrogen and oxygen atoms in total. The van der Waals surface area contributed by atoms with Crippen molar-refractivity contribution in [2.24, 2.45) is 11.7 Å². The number of amides is 1. The lowest BCUT2D eigenvalue weighted by molar-refractivity contribution is -0.133. The van der Waals surface area contributed by atoms with E-state index in [2.05, 4.69) is 20.8 Å². The Labute approximate surface area is 108 Å². The van der Waals surface area contributed by atoms with Crippen molar-refractivity contribution in [2.45, 2.75) is 39.3 Å². The normalized spacial score (nSPS) is 14.7. The molecule has 4 heteroatoms. The molecule has 1 aromatic rings.